The average Bonchev–Trinajstić information content (AvgIpc) is 2.88. The molecule has 0 radical (unpaired) electrons. The van der Waals surface area contributed by atoms with Crippen LogP contribution in [0.25, 0.3) is 10.9 Å². The Morgan fingerprint density at radius 2 is 1.97 bits per heavy atom. The fourth-order valence-electron chi connectivity index (χ4n) is 4.13. The highest BCUT2D eigenvalue weighted by atomic mass is 19.3. The minimum absolute atomic E-state index is 0.117. The maximum Gasteiger partial charge on any atom is 0.303 e. The van der Waals surface area contributed by atoms with E-state index >= 15 is 4.39 Å². The van der Waals surface area contributed by atoms with Crippen molar-refractivity contribution in [2.45, 2.75) is 51.6 Å². The number of hydrogen-bond donors (Lipinski definition) is 3. The Morgan fingerprint density at radius 1 is 1.21 bits per heavy atom. The summed E-state index contributed by atoms with van der Waals surface area (Å²) < 4.78 is 67.3. The van der Waals surface area contributed by atoms with Gasteiger partial charge in [-0.3, -0.25) is 0 Å². The third-order valence-corrected chi connectivity index (χ3v) is 6.24. The second-order valence-electron chi connectivity index (χ2n) is 9.80. The number of halogens is 3. The number of fused-ring (bicyclic) bond motifs is 1. The predicted molar refractivity (Wildman–Crippen MR) is 139 cm³/mol. The van der Waals surface area contributed by atoms with E-state index in [4.69, 9.17) is 18.9 Å². The summed E-state index contributed by atoms with van der Waals surface area (Å²) in [6.07, 6.45) is -1.01. The molecule has 1 unspecified atom stereocenters. The number of morpholine rings is 1. The minimum atomic E-state index is -3.85. The summed E-state index contributed by atoms with van der Waals surface area (Å²) in [6, 6.07) is 6.84. The topological polar surface area (TPSA) is 107 Å². The summed E-state index contributed by atoms with van der Waals surface area (Å²) in [5.74, 6) is -3.76. The molecule has 0 amide bonds. The molecule has 12 heteroatoms. The molecule has 2 heterocycles. The molecule has 39 heavy (non-hydrogen) atoms. The van der Waals surface area contributed by atoms with Crippen molar-refractivity contribution in [3.8, 4) is 17.2 Å². The Kier molecular flexibility index (Phi) is 8.38. The summed E-state index contributed by atoms with van der Waals surface area (Å²) in [5, 5.41) is 16.8. The number of nitrogens with zero attached hydrogens (tertiary/aromatic N) is 2. The van der Waals surface area contributed by atoms with Gasteiger partial charge in [0.1, 0.15) is 30.0 Å². The SMILES string of the molecule is COc1cc2nc(C)nc(NC(C)Oc3cccc(C(F)(F)C(C)(C)O)c3F)c2cc1OC[C@@H]1CNCCO1. The van der Waals surface area contributed by atoms with Crippen molar-refractivity contribution >= 4 is 16.7 Å². The fourth-order valence-corrected chi connectivity index (χ4v) is 4.13. The molecule has 4 rings (SSSR count). The predicted octanol–water partition coefficient (Wildman–Crippen LogP) is 4.15. The van der Waals surface area contributed by atoms with E-state index < -0.39 is 34.9 Å². The number of nitrogens with one attached hydrogen (secondary N) is 2. The molecule has 9 nitrogen and oxygen atoms in total. The highest BCUT2D eigenvalue weighted by Gasteiger charge is 2.49. The summed E-state index contributed by atoms with van der Waals surface area (Å²) in [5.41, 5.74) is -2.88. The first-order chi connectivity index (χ1) is 18.4. The van der Waals surface area contributed by atoms with Crippen LogP contribution in [0.15, 0.2) is 30.3 Å². The van der Waals surface area contributed by atoms with Crippen molar-refractivity contribution in [1.82, 2.24) is 15.3 Å². The number of anilines is 1. The van der Waals surface area contributed by atoms with Crippen molar-refractivity contribution in [1.29, 1.82) is 0 Å². The zero-order valence-corrected chi connectivity index (χ0v) is 22.5. The number of hydrogen-bond acceptors (Lipinski definition) is 9. The number of ether oxygens (including phenoxy) is 4. The molecule has 2 aromatic carbocycles. The van der Waals surface area contributed by atoms with Crippen LogP contribution in [0.3, 0.4) is 0 Å². The quantitative estimate of drug-likeness (QED) is 0.321. The maximum atomic E-state index is 15.1. The molecule has 1 aliphatic rings. The number of benzene rings is 2. The lowest BCUT2D eigenvalue weighted by Gasteiger charge is -2.30. The third kappa shape index (κ3) is 6.29. The van der Waals surface area contributed by atoms with Crippen molar-refractivity contribution < 1.29 is 37.2 Å². The van der Waals surface area contributed by atoms with Crippen LogP contribution >= 0.6 is 0 Å². The summed E-state index contributed by atoms with van der Waals surface area (Å²) in [4.78, 5) is 8.93. The smallest absolute Gasteiger partial charge is 0.303 e. The maximum absolute atomic E-state index is 15.1. The molecule has 212 valence electrons. The molecule has 0 aliphatic carbocycles. The van der Waals surface area contributed by atoms with Gasteiger partial charge in [0.2, 0.25) is 0 Å². The second kappa shape index (κ2) is 11.4. The van der Waals surface area contributed by atoms with Crippen molar-refractivity contribution in [2.24, 2.45) is 0 Å². The normalized spacial score (nSPS) is 17.1. The van der Waals surface area contributed by atoms with Crippen LogP contribution in [0, 0.1) is 12.7 Å². The minimum Gasteiger partial charge on any atom is -0.493 e. The molecule has 0 saturated carbocycles. The molecule has 1 saturated heterocycles. The van der Waals surface area contributed by atoms with E-state index in [1.54, 1.807) is 26.0 Å². The van der Waals surface area contributed by atoms with Crippen LogP contribution < -0.4 is 24.8 Å². The molecule has 3 N–H and O–H groups in total. The molecule has 0 bridgehead atoms. The van der Waals surface area contributed by atoms with E-state index in [9.17, 15) is 13.9 Å². The Balaban J connectivity index is 1.59. The van der Waals surface area contributed by atoms with E-state index in [1.165, 1.54) is 19.2 Å². The molecular weight excluding hydrogens is 517 g/mol. The van der Waals surface area contributed by atoms with E-state index in [0.29, 0.717) is 53.8 Å². The monoisotopic (exact) mass is 550 g/mol. The third-order valence-electron chi connectivity index (χ3n) is 6.24. The Morgan fingerprint density at radius 3 is 2.64 bits per heavy atom. The zero-order valence-electron chi connectivity index (χ0n) is 22.5. The van der Waals surface area contributed by atoms with Gasteiger partial charge in [0, 0.05) is 24.5 Å². The first kappa shape index (κ1) is 28.7. The summed E-state index contributed by atoms with van der Waals surface area (Å²) in [7, 11) is 1.53. The Bertz CT molecular complexity index is 1310. The molecular formula is C27H33F3N4O5. The van der Waals surface area contributed by atoms with Crippen LogP contribution in [0.5, 0.6) is 17.2 Å². The number of aliphatic hydroxyl groups is 1. The van der Waals surface area contributed by atoms with Crippen molar-refractivity contribution in [3.05, 3.63) is 47.5 Å². The fraction of sp³-hybridized carbons (Fsp3) is 0.481. The van der Waals surface area contributed by atoms with Gasteiger partial charge in [0.25, 0.3) is 0 Å². The Hall–Kier alpha value is -3.35. The highest BCUT2D eigenvalue weighted by Crippen LogP contribution is 2.42. The summed E-state index contributed by atoms with van der Waals surface area (Å²) >= 11 is 0. The molecule has 2 atom stereocenters. The van der Waals surface area contributed by atoms with Gasteiger partial charge < -0.3 is 34.7 Å². The lowest BCUT2D eigenvalue weighted by Crippen LogP contribution is -2.41. The van der Waals surface area contributed by atoms with Gasteiger partial charge in [-0.1, -0.05) is 6.07 Å². The van der Waals surface area contributed by atoms with E-state index in [2.05, 4.69) is 20.6 Å². The Labute approximate surface area is 224 Å². The second-order valence-corrected chi connectivity index (χ2v) is 9.80. The van der Waals surface area contributed by atoms with E-state index in [0.717, 1.165) is 26.5 Å². The van der Waals surface area contributed by atoms with Crippen LogP contribution in [-0.4, -0.2) is 66.4 Å². The van der Waals surface area contributed by atoms with Crippen LogP contribution in [0.4, 0.5) is 19.0 Å². The zero-order chi connectivity index (χ0) is 28.4. The summed E-state index contributed by atoms with van der Waals surface area (Å²) in [6.45, 7) is 7.48. The molecule has 0 spiro atoms. The van der Waals surface area contributed by atoms with Gasteiger partial charge in [0.05, 0.1) is 24.8 Å². The number of aromatic nitrogens is 2. The number of rotatable bonds is 10. The van der Waals surface area contributed by atoms with E-state index in [-0.39, 0.29) is 6.10 Å². The first-order valence-electron chi connectivity index (χ1n) is 12.5. The molecule has 1 fully saturated rings. The van der Waals surface area contributed by atoms with Gasteiger partial charge in [-0.25, -0.2) is 14.4 Å². The van der Waals surface area contributed by atoms with Gasteiger partial charge in [-0.15, -0.1) is 0 Å². The first-order valence-corrected chi connectivity index (χ1v) is 12.5. The van der Waals surface area contributed by atoms with Crippen molar-refractivity contribution in [3.63, 3.8) is 0 Å². The molecule has 3 aromatic rings. The molecule has 1 aliphatic heterocycles. The van der Waals surface area contributed by atoms with Gasteiger partial charge in [0.15, 0.2) is 29.3 Å². The lowest BCUT2D eigenvalue weighted by atomic mass is 9.93. The number of methoxy groups -OCH3 is 1. The van der Waals surface area contributed by atoms with Gasteiger partial charge in [-0.2, -0.15) is 8.78 Å². The van der Waals surface area contributed by atoms with Gasteiger partial charge >= 0.3 is 5.92 Å². The largest absolute Gasteiger partial charge is 0.493 e. The van der Waals surface area contributed by atoms with Crippen LogP contribution in [-0.2, 0) is 10.7 Å². The highest BCUT2D eigenvalue weighted by molar-refractivity contribution is 5.91. The van der Waals surface area contributed by atoms with E-state index in [1.807, 2.05) is 0 Å². The van der Waals surface area contributed by atoms with Crippen molar-refractivity contribution in [2.75, 3.05) is 38.7 Å². The standard InChI is InChI=1S/C27H33F3N4O5/c1-15-32-20-12-22(36-5)23(38-14-17-13-31-9-10-37-17)11-18(20)25(33-15)34-16(2)39-21-8-6-7-19(24(21)28)27(29,30)26(3,4)35/h6-8,11-12,16-17,31,35H,9-10,13-14H2,1-5H3,(H,32,33,34)/t16?,17-/m0/s1. The molecule has 1 aromatic heterocycles. The van der Waals surface area contributed by atoms with Crippen LogP contribution in [0.2, 0.25) is 0 Å². The number of alkyl halides is 2. The van der Waals surface area contributed by atoms with Gasteiger partial charge in [-0.05, 0) is 45.9 Å². The average molecular weight is 551 g/mol. The lowest BCUT2D eigenvalue weighted by molar-refractivity contribution is -0.170. The number of aryl methyl sites for hydroxylation is 1. The van der Waals surface area contributed by atoms with Crippen LogP contribution in [0.1, 0.15) is 32.2 Å².